The normalized spacial score (nSPS) is 15.2. The molecule has 2 atom stereocenters. The zero-order valence-electron chi connectivity index (χ0n) is 9.74. The van der Waals surface area contributed by atoms with Crippen molar-refractivity contribution in [1.82, 2.24) is 4.72 Å². The highest BCUT2D eigenvalue weighted by atomic mass is 32.2. The van der Waals surface area contributed by atoms with Crippen molar-refractivity contribution in [2.24, 2.45) is 0 Å². The smallest absolute Gasteiger partial charge is 0.345 e. The standard InChI is InChI=1S/C9H13NO5S3/c1-6(5-17(2)13)10-18(14,15)8-4-3-7(16-8)9(11)12/h3-4,6,10H,5H2,1-2H3,(H,11,12). The van der Waals surface area contributed by atoms with Crippen molar-refractivity contribution in [3.05, 3.63) is 17.0 Å². The Labute approximate surface area is 112 Å². The third-order valence-electron chi connectivity index (χ3n) is 1.90. The van der Waals surface area contributed by atoms with Crippen LogP contribution in [0, 0.1) is 0 Å². The highest BCUT2D eigenvalue weighted by Crippen LogP contribution is 2.21. The SMILES string of the molecule is CC(CS(C)=O)NS(=O)(=O)c1ccc(C(=O)O)s1. The average molecular weight is 311 g/mol. The molecule has 9 heteroatoms. The molecule has 1 heterocycles. The van der Waals surface area contributed by atoms with Crippen LogP contribution in [0.2, 0.25) is 0 Å². The molecule has 0 amide bonds. The minimum absolute atomic E-state index is 0.0397. The van der Waals surface area contributed by atoms with Crippen LogP contribution in [0.4, 0.5) is 0 Å². The summed E-state index contributed by atoms with van der Waals surface area (Å²) in [4.78, 5) is 10.6. The van der Waals surface area contributed by atoms with Crippen LogP contribution >= 0.6 is 11.3 Å². The maximum absolute atomic E-state index is 11.9. The summed E-state index contributed by atoms with van der Waals surface area (Å²) in [6.07, 6.45) is 1.48. The van der Waals surface area contributed by atoms with Gasteiger partial charge in [-0.2, -0.15) is 0 Å². The van der Waals surface area contributed by atoms with E-state index in [1.54, 1.807) is 6.92 Å². The highest BCUT2D eigenvalue weighted by molar-refractivity contribution is 7.91. The van der Waals surface area contributed by atoms with Gasteiger partial charge in [0.25, 0.3) is 0 Å². The molecule has 0 saturated carbocycles. The molecule has 0 aliphatic heterocycles. The van der Waals surface area contributed by atoms with Crippen LogP contribution in [-0.2, 0) is 20.8 Å². The number of carboxylic acid groups (broad SMARTS) is 1. The third kappa shape index (κ3) is 4.16. The molecule has 0 aliphatic rings. The minimum atomic E-state index is -3.75. The van der Waals surface area contributed by atoms with Crippen LogP contribution < -0.4 is 4.72 Å². The molecule has 18 heavy (non-hydrogen) atoms. The average Bonchev–Trinajstić information content (AvgIpc) is 2.63. The lowest BCUT2D eigenvalue weighted by Crippen LogP contribution is -2.35. The second-order valence-corrected chi connectivity index (χ2v) is 8.19. The molecule has 0 bridgehead atoms. The Morgan fingerprint density at radius 1 is 1.56 bits per heavy atom. The summed E-state index contributed by atoms with van der Waals surface area (Å²) in [7, 11) is -4.85. The molecule has 1 aromatic heterocycles. The molecule has 0 fully saturated rings. The van der Waals surface area contributed by atoms with Gasteiger partial charge in [0.2, 0.25) is 10.0 Å². The van der Waals surface area contributed by atoms with Crippen LogP contribution in [0.15, 0.2) is 16.3 Å². The van der Waals surface area contributed by atoms with Gasteiger partial charge in [-0.3, -0.25) is 4.21 Å². The Morgan fingerprint density at radius 3 is 2.61 bits per heavy atom. The van der Waals surface area contributed by atoms with Gasteiger partial charge in [0.15, 0.2) is 0 Å². The van der Waals surface area contributed by atoms with E-state index in [1.807, 2.05) is 0 Å². The Bertz CT molecular complexity index is 563. The predicted molar refractivity (Wildman–Crippen MR) is 70.0 cm³/mol. The molecule has 1 rings (SSSR count). The second-order valence-electron chi connectivity index (χ2n) is 3.69. The van der Waals surface area contributed by atoms with Crippen molar-refractivity contribution in [3.8, 4) is 0 Å². The fourth-order valence-electron chi connectivity index (χ4n) is 1.29. The van der Waals surface area contributed by atoms with Crippen molar-refractivity contribution in [2.45, 2.75) is 17.2 Å². The Kier molecular flexibility index (Phi) is 5.02. The Balaban J connectivity index is 2.85. The van der Waals surface area contributed by atoms with E-state index in [0.29, 0.717) is 11.3 Å². The molecule has 0 saturated heterocycles. The summed E-state index contributed by atoms with van der Waals surface area (Å²) in [5.74, 6) is -0.958. The van der Waals surface area contributed by atoms with Crippen LogP contribution in [-0.4, -0.2) is 41.8 Å². The fourth-order valence-corrected chi connectivity index (χ4v) is 4.59. The molecule has 0 radical (unpaired) electrons. The lowest BCUT2D eigenvalue weighted by molar-refractivity contribution is 0.0702. The van der Waals surface area contributed by atoms with Gasteiger partial charge in [0.05, 0.1) is 0 Å². The summed E-state index contributed by atoms with van der Waals surface area (Å²) >= 11 is 0.683. The molecular weight excluding hydrogens is 298 g/mol. The van der Waals surface area contributed by atoms with Gasteiger partial charge in [0, 0.05) is 28.9 Å². The van der Waals surface area contributed by atoms with Gasteiger partial charge in [-0.15, -0.1) is 11.3 Å². The van der Waals surface area contributed by atoms with Crippen LogP contribution in [0.25, 0.3) is 0 Å². The number of carboxylic acids is 1. The zero-order valence-corrected chi connectivity index (χ0v) is 12.2. The maximum atomic E-state index is 11.9. The molecule has 1 aromatic rings. The van der Waals surface area contributed by atoms with E-state index in [0.717, 1.165) is 0 Å². The molecule has 2 unspecified atom stereocenters. The van der Waals surface area contributed by atoms with Crippen molar-refractivity contribution < 1.29 is 22.5 Å². The van der Waals surface area contributed by atoms with Crippen LogP contribution in [0.5, 0.6) is 0 Å². The van der Waals surface area contributed by atoms with Gasteiger partial charge >= 0.3 is 5.97 Å². The largest absolute Gasteiger partial charge is 0.477 e. The van der Waals surface area contributed by atoms with Gasteiger partial charge in [0.1, 0.15) is 9.09 Å². The summed E-state index contributed by atoms with van der Waals surface area (Å²) in [6.45, 7) is 1.60. The highest BCUT2D eigenvalue weighted by Gasteiger charge is 2.21. The summed E-state index contributed by atoms with van der Waals surface area (Å²) in [6, 6.07) is 2.01. The number of carbonyl (C=O) groups is 1. The van der Waals surface area contributed by atoms with E-state index >= 15 is 0 Å². The number of nitrogens with one attached hydrogen (secondary N) is 1. The number of rotatable bonds is 6. The van der Waals surface area contributed by atoms with Gasteiger partial charge in [-0.05, 0) is 19.1 Å². The predicted octanol–water partition coefficient (Wildman–Crippen LogP) is 0.492. The minimum Gasteiger partial charge on any atom is -0.477 e. The second kappa shape index (κ2) is 5.91. The first-order valence-electron chi connectivity index (χ1n) is 4.88. The Morgan fingerprint density at radius 2 is 2.17 bits per heavy atom. The number of hydrogen-bond acceptors (Lipinski definition) is 5. The fraction of sp³-hybridized carbons (Fsp3) is 0.444. The molecule has 0 aliphatic carbocycles. The summed E-state index contributed by atoms with van der Waals surface area (Å²) in [5, 5.41) is 8.72. The summed E-state index contributed by atoms with van der Waals surface area (Å²) < 4.78 is 37.0. The van der Waals surface area contributed by atoms with E-state index in [-0.39, 0.29) is 14.8 Å². The molecule has 0 aromatic carbocycles. The van der Waals surface area contributed by atoms with E-state index in [1.165, 1.54) is 18.4 Å². The lowest BCUT2D eigenvalue weighted by Gasteiger charge is -2.11. The van der Waals surface area contributed by atoms with E-state index < -0.39 is 32.8 Å². The monoisotopic (exact) mass is 311 g/mol. The third-order valence-corrected chi connectivity index (χ3v) is 6.02. The topological polar surface area (TPSA) is 101 Å². The number of thiophene rings is 1. The maximum Gasteiger partial charge on any atom is 0.345 e. The van der Waals surface area contributed by atoms with Crippen molar-refractivity contribution in [2.75, 3.05) is 12.0 Å². The summed E-state index contributed by atoms with van der Waals surface area (Å²) in [5.41, 5.74) is 0. The quantitative estimate of drug-likeness (QED) is 0.796. The zero-order chi connectivity index (χ0) is 13.9. The van der Waals surface area contributed by atoms with Gasteiger partial charge in [-0.1, -0.05) is 0 Å². The van der Waals surface area contributed by atoms with Crippen LogP contribution in [0.3, 0.4) is 0 Å². The van der Waals surface area contributed by atoms with Crippen molar-refractivity contribution in [3.63, 3.8) is 0 Å². The number of hydrogen-bond donors (Lipinski definition) is 2. The first-order valence-corrected chi connectivity index (χ1v) is 8.90. The van der Waals surface area contributed by atoms with Gasteiger partial charge < -0.3 is 5.11 Å². The Hall–Kier alpha value is -0.770. The van der Waals surface area contributed by atoms with Crippen molar-refractivity contribution >= 4 is 38.1 Å². The van der Waals surface area contributed by atoms with E-state index in [4.69, 9.17) is 5.11 Å². The van der Waals surface area contributed by atoms with Crippen molar-refractivity contribution in [1.29, 1.82) is 0 Å². The van der Waals surface area contributed by atoms with E-state index in [9.17, 15) is 17.4 Å². The lowest BCUT2D eigenvalue weighted by atomic mass is 10.4. The first kappa shape index (κ1) is 15.3. The number of aromatic carboxylic acids is 1. The molecule has 2 N–H and O–H groups in total. The van der Waals surface area contributed by atoms with Gasteiger partial charge in [-0.25, -0.2) is 17.9 Å². The molecule has 0 spiro atoms. The first-order chi connectivity index (χ1) is 8.22. The van der Waals surface area contributed by atoms with Crippen LogP contribution in [0.1, 0.15) is 16.6 Å². The molecule has 102 valence electrons. The molecule has 6 nitrogen and oxygen atoms in total. The van der Waals surface area contributed by atoms with E-state index in [2.05, 4.69) is 4.72 Å². The number of sulfonamides is 1. The molecular formula is C9H13NO5S3.